The van der Waals surface area contributed by atoms with E-state index >= 15 is 0 Å². The molecule has 0 aliphatic rings. The fourth-order valence-electron chi connectivity index (χ4n) is 1.39. The van der Waals surface area contributed by atoms with Crippen molar-refractivity contribution in [3.05, 3.63) is 34.6 Å². The van der Waals surface area contributed by atoms with Crippen molar-refractivity contribution in [2.24, 2.45) is 0 Å². The topological polar surface area (TPSA) is 29.1 Å². The number of rotatable bonds is 3. The van der Waals surface area contributed by atoms with E-state index in [1.807, 2.05) is 0 Å². The molecule has 0 spiro atoms. The minimum absolute atomic E-state index is 0.0744. The molecule has 0 bridgehead atoms. The molecule has 0 unspecified atom stereocenters. The Kier molecular flexibility index (Phi) is 4.27. The highest BCUT2D eigenvalue weighted by atomic mass is 79.9. The summed E-state index contributed by atoms with van der Waals surface area (Å²) in [6.45, 7) is 3.88. The highest BCUT2D eigenvalue weighted by molar-refractivity contribution is 9.09. The second-order valence-electron chi connectivity index (χ2n) is 3.45. The Hall–Kier alpha value is -0.900. The van der Waals surface area contributed by atoms with E-state index in [4.69, 9.17) is 0 Å². The number of nitrogens with one attached hydrogen (secondary N) is 1. The summed E-state index contributed by atoms with van der Waals surface area (Å²) in [6, 6.07) is 3.49. The Balaban J connectivity index is 2.75. The molecule has 1 N–H and O–H groups in total. The molecule has 4 heteroatoms. The molecule has 1 aromatic rings. The Morgan fingerprint density at radius 1 is 1.40 bits per heavy atom. The third-order valence-corrected chi connectivity index (χ3v) is 2.62. The van der Waals surface area contributed by atoms with Crippen LogP contribution < -0.4 is 5.32 Å². The van der Waals surface area contributed by atoms with Gasteiger partial charge in [-0.05, 0) is 30.5 Å². The molecule has 1 rings (SSSR count). The highest BCUT2D eigenvalue weighted by Gasteiger charge is 2.05. The van der Waals surface area contributed by atoms with E-state index in [9.17, 15) is 9.18 Å². The molecule has 1 amide bonds. The van der Waals surface area contributed by atoms with E-state index in [-0.39, 0.29) is 17.1 Å². The summed E-state index contributed by atoms with van der Waals surface area (Å²) in [5.41, 5.74) is 2.14. The number of alkyl halides is 1. The van der Waals surface area contributed by atoms with Gasteiger partial charge in [-0.2, -0.15) is 0 Å². The van der Waals surface area contributed by atoms with Crippen LogP contribution in [0.4, 0.5) is 4.39 Å². The third kappa shape index (κ3) is 3.30. The molecule has 0 saturated carbocycles. The summed E-state index contributed by atoms with van der Waals surface area (Å²) in [6.07, 6.45) is 0. The van der Waals surface area contributed by atoms with Crippen LogP contribution in [-0.4, -0.2) is 11.2 Å². The minimum atomic E-state index is -0.175. The van der Waals surface area contributed by atoms with Crippen LogP contribution in [0.2, 0.25) is 0 Å². The zero-order valence-electron chi connectivity index (χ0n) is 8.73. The molecule has 0 radical (unpaired) electrons. The van der Waals surface area contributed by atoms with E-state index in [0.29, 0.717) is 17.7 Å². The number of halogens is 2. The first kappa shape index (κ1) is 12.2. The van der Waals surface area contributed by atoms with E-state index in [2.05, 4.69) is 21.2 Å². The number of carbonyl (C=O) groups excluding carboxylic acids is 1. The van der Waals surface area contributed by atoms with Crippen LogP contribution in [0.5, 0.6) is 0 Å². The van der Waals surface area contributed by atoms with Crippen LogP contribution >= 0.6 is 15.9 Å². The highest BCUT2D eigenvalue weighted by Crippen LogP contribution is 2.14. The summed E-state index contributed by atoms with van der Waals surface area (Å²) in [4.78, 5) is 11.0. The monoisotopic (exact) mass is 273 g/mol. The average molecular weight is 274 g/mol. The van der Waals surface area contributed by atoms with Gasteiger partial charge < -0.3 is 5.32 Å². The number of carbonyl (C=O) groups is 1. The summed E-state index contributed by atoms with van der Waals surface area (Å²) in [5, 5.41) is 3.00. The summed E-state index contributed by atoms with van der Waals surface area (Å²) < 4.78 is 13.3. The van der Waals surface area contributed by atoms with E-state index in [1.54, 1.807) is 26.0 Å². The van der Waals surface area contributed by atoms with E-state index in [1.165, 1.54) is 0 Å². The molecular formula is C11H13BrFNO. The van der Waals surface area contributed by atoms with Crippen LogP contribution in [0.15, 0.2) is 12.1 Å². The molecule has 2 nitrogen and oxygen atoms in total. The molecule has 0 aliphatic carbocycles. The lowest BCUT2D eigenvalue weighted by Crippen LogP contribution is -2.23. The smallest absolute Gasteiger partial charge is 0.230 e. The van der Waals surface area contributed by atoms with Gasteiger partial charge in [-0.1, -0.05) is 28.1 Å². The maximum atomic E-state index is 13.3. The van der Waals surface area contributed by atoms with Gasteiger partial charge in [0.2, 0.25) is 5.91 Å². The maximum absolute atomic E-state index is 13.3. The Morgan fingerprint density at radius 2 is 1.93 bits per heavy atom. The van der Waals surface area contributed by atoms with Crippen molar-refractivity contribution in [1.82, 2.24) is 5.32 Å². The van der Waals surface area contributed by atoms with Crippen molar-refractivity contribution < 1.29 is 9.18 Å². The van der Waals surface area contributed by atoms with Gasteiger partial charge in [-0.25, -0.2) is 4.39 Å². The van der Waals surface area contributed by atoms with Crippen molar-refractivity contribution in [2.75, 3.05) is 5.33 Å². The van der Waals surface area contributed by atoms with Gasteiger partial charge in [0.1, 0.15) is 5.82 Å². The molecule has 0 fully saturated rings. The first-order valence-corrected chi connectivity index (χ1v) is 5.75. The molecule has 15 heavy (non-hydrogen) atoms. The van der Waals surface area contributed by atoms with E-state index < -0.39 is 0 Å². The van der Waals surface area contributed by atoms with Crippen LogP contribution in [0.1, 0.15) is 16.7 Å². The third-order valence-electron chi connectivity index (χ3n) is 2.11. The second kappa shape index (κ2) is 5.26. The van der Waals surface area contributed by atoms with Crippen molar-refractivity contribution in [3.63, 3.8) is 0 Å². The zero-order chi connectivity index (χ0) is 11.4. The first-order chi connectivity index (χ1) is 7.04. The number of aryl methyl sites for hydroxylation is 2. The molecule has 0 atom stereocenters. The van der Waals surface area contributed by atoms with Crippen molar-refractivity contribution >= 4 is 21.8 Å². The summed E-state index contributed by atoms with van der Waals surface area (Å²) in [5.74, 6) is -0.250. The zero-order valence-corrected chi connectivity index (χ0v) is 10.3. The Labute approximate surface area is 97.0 Å². The lowest BCUT2D eigenvalue weighted by Gasteiger charge is -2.07. The molecule has 82 valence electrons. The van der Waals surface area contributed by atoms with Gasteiger partial charge in [0, 0.05) is 6.54 Å². The predicted octanol–water partition coefficient (Wildman–Crippen LogP) is 2.45. The quantitative estimate of drug-likeness (QED) is 0.843. The summed E-state index contributed by atoms with van der Waals surface area (Å²) in [7, 11) is 0. The van der Waals surface area contributed by atoms with Gasteiger partial charge in [0.05, 0.1) is 5.33 Å². The van der Waals surface area contributed by atoms with Gasteiger partial charge in [0.25, 0.3) is 0 Å². The molecule has 0 aromatic heterocycles. The lowest BCUT2D eigenvalue weighted by molar-refractivity contribution is -0.118. The van der Waals surface area contributed by atoms with Crippen LogP contribution in [0.25, 0.3) is 0 Å². The number of hydrogen-bond acceptors (Lipinski definition) is 1. The lowest BCUT2D eigenvalue weighted by atomic mass is 10.1. The average Bonchev–Trinajstić information content (AvgIpc) is 2.22. The molecule has 0 aliphatic heterocycles. The van der Waals surface area contributed by atoms with Crippen molar-refractivity contribution in [2.45, 2.75) is 20.4 Å². The standard InChI is InChI=1S/C11H13BrFNO/c1-7-3-9(4-8(2)11(7)13)6-14-10(15)5-12/h3-4H,5-6H2,1-2H3,(H,14,15). The van der Waals surface area contributed by atoms with Gasteiger partial charge >= 0.3 is 0 Å². The number of amides is 1. The molecule has 0 saturated heterocycles. The van der Waals surface area contributed by atoms with Crippen LogP contribution in [0, 0.1) is 19.7 Å². The van der Waals surface area contributed by atoms with Gasteiger partial charge in [0.15, 0.2) is 0 Å². The van der Waals surface area contributed by atoms with Gasteiger partial charge in [-0.3, -0.25) is 4.79 Å². The summed E-state index contributed by atoms with van der Waals surface area (Å²) >= 11 is 3.06. The molecular weight excluding hydrogens is 261 g/mol. The second-order valence-corrected chi connectivity index (χ2v) is 4.01. The molecule has 0 heterocycles. The first-order valence-electron chi connectivity index (χ1n) is 4.63. The van der Waals surface area contributed by atoms with E-state index in [0.717, 1.165) is 5.56 Å². The van der Waals surface area contributed by atoms with Crippen molar-refractivity contribution in [1.29, 1.82) is 0 Å². The number of hydrogen-bond donors (Lipinski definition) is 1. The Bertz CT molecular complexity index is 356. The van der Waals surface area contributed by atoms with Crippen LogP contribution in [-0.2, 0) is 11.3 Å². The molecule has 1 aromatic carbocycles. The van der Waals surface area contributed by atoms with Gasteiger partial charge in [-0.15, -0.1) is 0 Å². The van der Waals surface area contributed by atoms with Crippen molar-refractivity contribution in [3.8, 4) is 0 Å². The predicted molar refractivity (Wildman–Crippen MR) is 61.5 cm³/mol. The maximum Gasteiger partial charge on any atom is 0.230 e. The number of benzene rings is 1. The fraction of sp³-hybridized carbons (Fsp3) is 0.364. The minimum Gasteiger partial charge on any atom is -0.351 e. The Morgan fingerprint density at radius 3 is 2.40 bits per heavy atom. The normalized spacial score (nSPS) is 10.1. The van der Waals surface area contributed by atoms with Crippen LogP contribution in [0.3, 0.4) is 0 Å². The fourth-order valence-corrected chi connectivity index (χ4v) is 1.58. The largest absolute Gasteiger partial charge is 0.351 e. The SMILES string of the molecule is Cc1cc(CNC(=O)CBr)cc(C)c1F.